The molecule has 10 heteroatoms. The molecule has 0 aromatic carbocycles. The van der Waals surface area contributed by atoms with Crippen molar-refractivity contribution in [2.75, 3.05) is 44.8 Å². The van der Waals surface area contributed by atoms with E-state index in [0.29, 0.717) is 42.6 Å². The van der Waals surface area contributed by atoms with E-state index in [-0.39, 0.29) is 18.1 Å². The lowest BCUT2D eigenvalue weighted by Crippen LogP contribution is -2.36. The number of ketones is 1. The molecular weight excluding hydrogens is 386 g/mol. The fourth-order valence-electron chi connectivity index (χ4n) is 3.46. The summed E-state index contributed by atoms with van der Waals surface area (Å²) in [4.78, 5) is 33.8. The summed E-state index contributed by atoms with van der Waals surface area (Å²) in [5, 5.41) is 8.68. The first kappa shape index (κ1) is 20.0. The molecule has 1 amide bonds. The molecule has 10 nitrogen and oxygen atoms in total. The van der Waals surface area contributed by atoms with Crippen LogP contribution in [-0.4, -0.2) is 80.9 Å². The van der Waals surface area contributed by atoms with Gasteiger partial charge in [-0.05, 0) is 18.6 Å². The van der Waals surface area contributed by atoms with Crippen LogP contribution in [0.2, 0.25) is 0 Å². The SMILES string of the molecule is CCN(C)C(=O)c1cnn(C)c1C(=O)Cc1ccc2nc(N3CCOCC3)nn2c1. The first-order chi connectivity index (χ1) is 14.5. The Kier molecular flexibility index (Phi) is 5.49. The lowest BCUT2D eigenvalue weighted by atomic mass is 10.1. The zero-order valence-corrected chi connectivity index (χ0v) is 17.4. The second-order valence-corrected chi connectivity index (χ2v) is 7.30. The summed E-state index contributed by atoms with van der Waals surface area (Å²) in [6, 6.07) is 3.71. The van der Waals surface area contributed by atoms with Crippen molar-refractivity contribution in [1.29, 1.82) is 0 Å². The monoisotopic (exact) mass is 411 g/mol. The van der Waals surface area contributed by atoms with Crippen molar-refractivity contribution in [1.82, 2.24) is 29.3 Å². The number of aromatic nitrogens is 5. The number of fused-ring (bicyclic) bond motifs is 1. The average Bonchev–Trinajstić information content (AvgIpc) is 3.36. The summed E-state index contributed by atoms with van der Waals surface area (Å²) in [7, 11) is 3.37. The molecular formula is C20H25N7O3. The number of amides is 1. The molecule has 1 aliphatic rings. The van der Waals surface area contributed by atoms with Crippen LogP contribution in [0, 0.1) is 0 Å². The quantitative estimate of drug-likeness (QED) is 0.554. The summed E-state index contributed by atoms with van der Waals surface area (Å²) in [5.74, 6) is 0.274. The van der Waals surface area contributed by atoms with Crippen molar-refractivity contribution < 1.29 is 14.3 Å². The van der Waals surface area contributed by atoms with Crippen LogP contribution in [0.25, 0.3) is 5.65 Å². The van der Waals surface area contributed by atoms with Crippen LogP contribution in [0.15, 0.2) is 24.5 Å². The topological polar surface area (TPSA) is 97.9 Å². The number of Topliss-reactive ketones (excluding diaryl/α,β-unsaturated/α-hetero) is 1. The van der Waals surface area contributed by atoms with Gasteiger partial charge in [0.1, 0.15) is 5.69 Å². The molecule has 1 fully saturated rings. The number of carbonyl (C=O) groups excluding carboxylic acids is 2. The molecule has 0 unspecified atom stereocenters. The number of nitrogens with zero attached hydrogens (tertiary/aromatic N) is 7. The van der Waals surface area contributed by atoms with Crippen LogP contribution in [0.4, 0.5) is 5.95 Å². The van der Waals surface area contributed by atoms with Gasteiger partial charge in [-0.25, -0.2) is 4.52 Å². The second-order valence-electron chi connectivity index (χ2n) is 7.30. The molecule has 4 heterocycles. The van der Waals surface area contributed by atoms with Crippen LogP contribution in [0.5, 0.6) is 0 Å². The number of pyridine rings is 1. The highest BCUT2D eigenvalue weighted by Gasteiger charge is 2.24. The van der Waals surface area contributed by atoms with E-state index in [4.69, 9.17) is 4.74 Å². The molecule has 158 valence electrons. The highest BCUT2D eigenvalue weighted by atomic mass is 16.5. The normalized spacial score (nSPS) is 14.3. The van der Waals surface area contributed by atoms with E-state index >= 15 is 0 Å². The Morgan fingerprint density at radius 2 is 2.00 bits per heavy atom. The summed E-state index contributed by atoms with van der Waals surface area (Å²) in [6.45, 7) is 5.27. The van der Waals surface area contributed by atoms with E-state index in [0.717, 1.165) is 18.7 Å². The van der Waals surface area contributed by atoms with Gasteiger partial charge in [-0.2, -0.15) is 10.1 Å². The fraction of sp³-hybridized carbons (Fsp3) is 0.450. The van der Waals surface area contributed by atoms with Crippen LogP contribution in [0.3, 0.4) is 0 Å². The first-order valence-corrected chi connectivity index (χ1v) is 9.96. The molecule has 4 rings (SSSR count). The molecule has 1 aliphatic heterocycles. The van der Waals surface area contributed by atoms with Crippen molar-refractivity contribution in [2.24, 2.45) is 7.05 Å². The Hall–Kier alpha value is -3.27. The van der Waals surface area contributed by atoms with Crippen molar-refractivity contribution >= 4 is 23.3 Å². The van der Waals surface area contributed by atoms with Crippen molar-refractivity contribution in [3.8, 4) is 0 Å². The minimum absolute atomic E-state index is 0.137. The van der Waals surface area contributed by atoms with Gasteiger partial charge in [-0.1, -0.05) is 6.07 Å². The van der Waals surface area contributed by atoms with Crippen LogP contribution >= 0.6 is 0 Å². The minimum atomic E-state index is -0.212. The van der Waals surface area contributed by atoms with E-state index in [1.165, 1.54) is 10.9 Å². The molecule has 3 aromatic heterocycles. The van der Waals surface area contributed by atoms with Gasteiger partial charge < -0.3 is 14.5 Å². The third-order valence-corrected chi connectivity index (χ3v) is 5.29. The highest BCUT2D eigenvalue weighted by molar-refractivity contribution is 6.07. The van der Waals surface area contributed by atoms with Crippen molar-refractivity contribution in [2.45, 2.75) is 13.3 Å². The number of carbonyl (C=O) groups is 2. The van der Waals surface area contributed by atoms with Gasteiger partial charge in [0.05, 0.1) is 25.0 Å². The maximum atomic E-state index is 13.0. The predicted octanol–water partition coefficient (Wildman–Crippen LogP) is 0.817. The lowest BCUT2D eigenvalue weighted by Gasteiger charge is -2.25. The van der Waals surface area contributed by atoms with Crippen LogP contribution in [0.1, 0.15) is 33.3 Å². The highest BCUT2D eigenvalue weighted by Crippen LogP contribution is 2.17. The Labute approximate surface area is 174 Å². The molecule has 0 N–H and O–H groups in total. The third kappa shape index (κ3) is 3.78. The predicted molar refractivity (Wildman–Crippen MR) is 110 cm³/mol. The fourth-order valence-corrected chi connectivity index (χ4v) is 3.46. The molecule has 30 heavy (non-hydrogen) atoms. The first-order valence-electron chi connectivity index (χ1n) is 9.96. The van der Waals surface area contributed by atoms with Crippen LogP contribution in [-0.2, 0) is 18.2 Å². The third-order valence-electron chi connectivity index (χ3n) is 5.29. The smallest absolute Gasteiger partial charge is 0.257 e. The number of rotatable bonds is 6. The number of hydrogen-bond acceptors (Lipinski definition) is 7. The van der Waals surface area contributed by atoms with E-state index in [9.17, 15) is 9.59 Å². The van der Waals surface area contributed by atoms with E-state index in [1.807, 2.05) is 19.1 Å². The maximum Gasteiger partial charge on any atom is 0.257 e. The maximum absolute atomic E-state index is 13.0. The Bertz CT molecular complexity index is 1080. The zero-order valence-electron chi connectivity index (χ0n) is 17.4. The number of aryl methyl sites for hydroxylation is 1. The lowest BCUT2D eigenvalue weighted by molar-refractivity contribution is 0.0795. The average molecular weight is 411 g/mol. The minimum Gasteiger partial charge on any atom is -0.378 e. The molecule has 0 radical (unpaired) electrons. The van der Waals surface area contributed by atoms with Gasteiger partial charge in [0.2, 0.25) is 5.95 Å². The van der Waals surface area contributed by atoms with Gasteiger partial charge >= 0.3 is 0 Å². The molecule has 0 atom stereocenters. The number of morpholine rings is 1. The van der Waals surface area contributed by atoms with E-state index < -0.39 is 0 Å². The van der Waals surface area contributed by atoms with Crippen molar-refractivity contribution in [3.63, 3.8) is 0 Å². The van der Waals surface area contributed by atoms with Crippen LogP contribution < -0.4 is 4.90 Å². The number of hydrogen-bond donors (Lipinski definition) is 0. The molecule has 0 bridgehead atoms. The Morgan fingerprint density at radius 1 is 1.23 bits per heavy atom. The molecule has 1 saturated heterocycles. The molecule has 0 saturated carbocycles. The zero-order chi connectivity index (χ0) is 21.3. The molecule has 3 aromatic rings. The van der Waals surface area contributed by atoms with Gasteiger partial charge in [0.25, 0.3) is 5.91 Å². The second kappa shape index (κ2) is 8.23. The Balaban J connectivity index is 1.56. The number of anilines is 1. The number of ether oxygens (including phenoxy) is 1. The van der Waals surface area contributed by atoms with Gasteiger partial charge in [0, 0.05) is 46.3 Å². The van der Waals surface area contributed by atoms with E-state index in [2.05, 4.69) is 20.1 Å². The summed E-state index contributed by atoms with van der Waals surface area (Å²) in [6.07, 6.45) is 3.40. The summed E-state index contributed by atoms with van der Waals surface area (Å²) < 4.78 is 8.53. The Morgan fingerprint density at radius 3 is 2.73 bits per heavy atom. The summed E-state index contributed by atoms with van der Waals surface area (Å²) >= 11 is 0. The van der Waals surface area contributed by atoms with Gasteiger partial charge in [-0.3, -0.25) is 14.3 Å². The molecule has 0 spiro atoms. The van der Waals surface area contributed by atoms with E-state index in [1.54, 1.807) is 29.7 Å². The van der Waals surface area contributed by atoms with Crippen molar-refractivity contribution in [3.05, 3.63) is 41.3 Å². The van der Waals surface area contributed by atoms with Gasteiger partial charge in [0.15, 0.2) is 11.4 Å². The largest absolute Gasteiger partial charge is 0.378 e. The standard InChI is InChI=1S/C20H25N7O3/c1-4-24(2)19(29)15-12-21-25(3)18(15)16(28)11-14-5-6-17-22-20(23-27(17)13-14)26-7-9-30-10-8-26/h5-6,12-13H,4,7-11H2,1-3H3. The molecule has 0 aliphatic carbocycles. The summed E-state index contributed by atoms with van der Waals surface area (Å²) in [5.41, 5.74) is 2.14. The van der Waals surface area contributed by atoms with Gasteiger partial charge in [-0.15, -0.1) is 5.10 Å².